The molecule has 0 bridgehead atoms. The minimum Gasteiger partial charge on any atom is -0.379 e. The number of aryl methyl sites for hydroxylation is 1. The van der Waals surface area contributed by atoms with Gasteiger partial charge in [0, 0.05) is 56.9 Å². The van der Waals surface area contributed by atoms with E-state index in [0.717, 1.165) is 58.3 Å². The van der Waals surface area contributed by atoms with Crippen LogP contribution in [-0.4, -0.2) is 68.8 Å². The summed E-state index contributed by atoms with van der Waals surface area (Å²) < 4.78 is 5.42. The van der Waals surface area contributed by atoms with Crippen molar-refractivity contribution < 1.29 is 4.74 Å². The Kier molecular flexibility index (Phi) is 7.12. The highest BCUT2D eigenvalue weighted by Crippen LogP contribution is 2.21. The van der Waals surface area contributed by atoms with Gasteiger partial charge in [-0.2, -0.15) is 0 Å². The van der Waals surface area contributed by atoms with Crippen molar-refractivity contribution >= 4 is 16.9 Å². The fraction of sp³-hybridized carbons (Fsp3) is 0.571. The molecule has 2 heterocycles. The summed E-state index contributed by atoms with van der Waals surface area (Å²) in [5, 5.41) is 8.21. The number of hydrogen-bond acceptors (Lipinski definition) is 3. The summed E-state index contributed by atoms with van der Waals surface area (Å²) in [4.78, 5) is 10.2. The van der Waals surface area contributed by atoms with Crippen LogP contribution in [0, 0.1) is 12.8 Å². The van der Waals surface area contributed by atoms with E-state index in [1.807, 2.05) is 7.05 Å². The van der Waals surface area contributed by atoms with Gasteiger partial charge in [0.25, 0.3) is 0 Å². The second-order valence-electron chi connectivity index (χ2n) is 7.46. The second-order valence-corrected chi connectivity index (χ2v) is 7.46. The van der Waals surface area contributed by atoms with Crippen LogP contribution in [-0.2, 0) is 11.2 Å². The maximum absolute atomic E-state index is 5.42. The number of benzene rings is 1. The van der Waals surface area contributed by atoms with Crippen molar-refractivity contribution in [1.29, 1.82) is 0 Å². The lowest BCUT2D eigenvalue weighted by atomic mass is 10.1. The Labute approximate surface area is 162 Å². The van der Waals surface area contributed by atoms with E-state index >= 15 is 0 Å². The van der Waals surface area contributed by atoms with Gasteiger partial charge in [0.1, 0.15) is 0 Å². The lowest BCUT2D eigenvalue weighted by molar-refractivity contribution is 0.0320. The molecule has 1 aromatic heterocycles. The van der Waals surface area contributed by atoms with Crippen molar-refractivity contribution in [3.8, 4) is 0 Å². The third-order valence-electron chi connectivity index (χ3n) is 5.21. The number of ether oxygens (including phenoxy) is 1. The number of aromatic amines is 1. The third-order valence-corrected chi connectivity index (χ3v) is 5.21. The summed E-state index contributed by atoms with van der Waals surface area (Å²) in [7, 11) is 1.83. The predicted molar refractivity (Wildman–Crippen MR) is 113 cm³/mol. The summed E-state index contributed by atoms with van der Waals surface area (Å²) in [5.41, 5.74) is 3.88. The number of morpholine rings is 1. The number of fused-ring (bicyclic) bond motifs is 1. The highest BCUT2D eigenvalue weighted by atomic mass is 16.5. The van der Waals surface area contributed by atoms with E-state index in [4.69, 9.17) is 4.74 Å². The molecule has 1 atom stereocenters. The molecule has 6 heteroatoms. The molecule has 148 valence electrons. The summed E-state index contributed by atoms with van der Waals surface area (Å²) in [6, 6.07) is 6.46. The number of aliphatic imine (C=N–C) groups is 1. The molecule has 0 amide bonds. The molecule has 1 aliphatic heterocycles. The molecular formula is C21H33N5O. The Hall–Kier alpha value is -2.05. The number of hydrogen-bond donors (Lipinski definition) is 3. The highest BCUT2D eigenvalue weighted by molar-refractivity contribution is 5.86. The molecule has 3 N–H and O–H groups in total. The average Bonchev–Trinajstić information content (AvgIpc) is 3.10. The molecule has 1 aromatic carbocycles. The van der Waals surface area contributed by atoms with Crippen molar-refractivity contribution in [1.82, 2.24) is 20.5 Å². The van der Waals surface area contributed by atoms with Crippen molar-refractivity contribution in [3.63, 3.8) is 0 Å². The lowest BCUT2D eigenvalue weighted by Gasteiger charge is -2.29. The normalized spacial score (nSPS) is 17.2. The molecule has 2 aromatic rings. The molecule has 1 unspecified atom stereocenters. The van der Waals surface area contributed by atoms with Crippen molar-refractivity contribution in [3.05, 3.63) is 35.5 Å². The minimum atomic E-state index is 0.568. The Morgan fingerprint density at radius 1 is 1.30 bits per heavy atom. The zero-order chi connectivity index (χ0) is 19.1. The van der Waals surface area contributed by atoms with Gasteiger partial charge in [0.05, 0.1) is 13.2 Å². The van der Waals surface area contributed by atoms with Gasteiger partial charge in [0.2, 0.25) is 0 Å². The molecule has 0 aliphatic carbocycles. The largest absolute Gasteiger partial charge is 0.379 e. The van der Waals surface area contributed by atoms with Crippen LogP contribution < -0.4 is 10.6 Å². The molecule has 3 rings (SSSR count). The van der Waals surface area contributed by atoms with Gasteiger partial charge in [-0.05, 0) is 30.4 Å². The van der Waals surface area contributed by atoms with E-state index in [9.17, 15) is 0 Å². The molecule has 6 nitrogen and oxygen atoms in total. The quantitative estimate of drug-likeness (QED) is 0.515. The Balaban J connectivity index is 1.41. The van der Waals surface area contributed by atoms with Gasteiger partial charge in [0.15, 0.2) is 5.96 Å². The number of para-hydroxylation sites is 1. The molecule has 0 radical (unpaired) electrons. The number of nitrogens with zero attached hydrogens (tertiary/aromatic N) is 2. The van der Waals surface area contributed by atoms with Crippen molar-refractivity contribution in [2.45, 2.75) is 20.3 Å². The van der Waals surface area contributed by atoms with Crippen LogP contribution in [0.1, 0.15) is 18.1 Å². The summed E-state index contributed by atoms with van der Waals surface area (Å²) in [6.07, 6.45) is 3.09. The number of H-pyrrole nitrogens is 1. The minimum absolute atomic E-state index is 0.568. The molecule has 1 fully saturated rings. The molecule has 1 aliphatic rings. The first-order valence-electron chi connectivity index (χ1n) is 9.97. The van der Waals surface area contributed by atoms with Crippen LogP contribution in [0.15, 0.2) is 29.4 Å². The Bertz CT molecular complexity index is 748. The van der Waals surface area contributed by atoms with E-state index in [1.165, 1.54) is 22.0 Å². The summed E-state index contributed by atoms with van der Waals surface area (Å²) >= 11 is 0. The number of guanidine groups is 1. The van der Waals surface area contributed by atoms with Gasteiger partial charge in [-0.15, -0.1) is 0 Å². The maximum atomic E-state index is 5.42. The van der Waals surface area contributed by atoms with Gasteiger partial charge >= 0.3 is 0 Å². The smallest absolute Gasteiger partial charge is 0.190 e. The van der Waals surface area contributed by atoms with Crippen molar-refractivity contribution in [2.75, 3.05) is 53.0 Å². The second kappa shape index (κ2) is 9.76. The molecular weight excluding hydrogens is 338 g/mol. The van der Waals surface area contributed by atoms with Crippen LogP contribution in [0.4, 0.5) is 0 Å². The van der Waals surface area contributed by atoms with Crippen LogP contribution in [0.3, 0.4) is 0 Å². The highest BCUT2D eigenvalue weighted by Gasteiger charge is 2.14. The zero-order valence-corrected chi connectivity index (χ0v) is 16.8. The van der Waals surface area contributed by atoms with E-state index in [2.05, 4.69) is 63.8 Å². The maximum Gasteiger partial charge on any atom is 0.190 e. The van der Waals surface area contributed by atoms with E-state index in [-0.39, 0.29) is 0 Å². The molecule has 0 saturated carbocycles. The van der Waals surface area contributed by atoms with Crippen LogP contribution in [0.25, 0.3) is 10.9 Å². The van der Waals surface area contributed by atoms with E-state index in [1.54, 1.807) is 0 Å². The van der Waals surface area contributed by atoms with Crippen LogP contribution in [0.2, 0.25) is 0 Å². The van der Waals surface area contributed by atoms with Crippen molar-refractivity contribution in [2.24, 2.45) is 10.9 Å². The third kappa shape index (κ3) is 5.47. The summed E-state index contributed by atoms with van der Waals surface area (Å²) in [5.74, 6) is 1.44. The first kappa shape index (κ1) is 19.7. The zero-order valence-electron chi connectivity index (χ0n) is 16.8. The van der Waals surface area contributed by atoms with Crippen LogP contribution in [0.5, 0.6) is 0 Å². The fourth-order valence-electron chi connectivity index (χ4n) is 3.67. The number of aromatic nitrogens is 1. The molecule has 1 saturated heterocycles. The SMILES string of the molecule is CN=C(NCCc1c[nH]c2c(C)cccc12)NCC(C)CN1CCOCC1. The number of rotatable bonds is 7. The lowest BCUT2D eigenvalue weighted by Crippen LogP contribution is -2.44. The fourth-order valence-corrected chi connectivity index (χ4v) is 3.67. The first-order valence-corrected chi connectivity index (χ1v) is 9.97. The standard InChI is InChI=1S/C21H33N5O/c1-16(15-26-9-11-27-12-10-26)13-25-21(22-3)23-8-7-18-14-24-20-17(2)5-4-6-19(18)20/h4-6,14,16,24H,7-13,15H2,1-3H3,(H2,22,23,25). The van der Waals surface area contributed by atoms with Gasteiger partial charge < -0.3 is 20.4 Å². The van der Waals surface area contributed by atoms with E-state index in [0.29, 0.717) is 5.92 Å². The predicted octanol–water partition coefficient (Wildman–Crippen LogP) is 2.15. The number of nitrogens with one attached hydrogen (secondary N) is 3. The van der Waals surface area contributed by atoms with Gasteiger partial charge in [-0.3, -0.25) is 9.89 Å². The Morgan fingerprint density at radius 3 is 2.89 bits per heavy atom. The average molecular weight is 372 g/mol. The Morgan fingerprint density at radius 2 is 2.11 bits per heavy atom. The molecule has 27 heavy (non-hydrogen) atoms. The van der Waals surface area contributed by atoms with Gasteiger partial charge in [-0.1, -0.05) is 25.1 Å². The monoisotopic (exact) mass is 371 g/mol. The van der Waals surface area contributed by atoms with E-state index < -0.39 is 0 Å². The summed E-state index contributed by atoms with van der Waals surface area (Å²) in [6.45, 7) is 11.1. The van der Waals surface area contributed by atoms with Gasteiger partial charge in [-0.25, -0.2) is 0 Å². The molecule has 0 spiro atoms. The first-order chi connectivity index (χ1) is 13.2. The van der Waals surface area contributed by atoms with Crippen LogP contribution >= 0.6 is 0 Å². The topological polar surface area (TPSA) is 64.7 Å².